The minimum atomic E-state index is 0.0297. The number of thiazole rings is 1. The quantitative estimate of drug-likeness (QED) is 0.558. The Kier molecular flexibility index (Phi) is 6.30. The molecule has 4 rings (SSSR count). The molecule has 0 N–H and O–H groups in total. The monoisotopic (exact) mass is 410 g/mol. The fraction of sp³-hybridized carbons (Fsp3) is 0.391. The molecule has 1 atom stereocenters. The van der Waals surface area contributed by atoms with Crippen molar-refractivity contribution in [2.24, 2.45) is 0 Å². The number of likely N-dealkylation sites (tertiary alicyclic amines) is 1. The standard InChI is InChI=1S/C23H26N2O3S/c1-2-14-27-18-9-11-19(12-10-18)28-16-22(26)25-13-5-6-17(15-25)23-24-20-7-3-4-8-21(20)29-23/h3-4,7-12,17H,2,5-6,13-16H2,1H3. The number of hydrogen-bond acceptors (Lipinski definition) is 5. The Hall–Kier alpha value is -2.60. The third-order valence-electron chi connectivity index (χ3n) is 5.09. The average molecular weight is 411 g/mol. The highest BCUT2D eigenvalue weighted by molar-refractivity contribution is 7.18. The topological polar surface area (TPSA) is 51.7 Å². The van der Waals surface area contributed by atoms with Gasteiger partial charge in [-0.1, -0.05) is 19.1 Å². The number of piperidine rings is 1. The van der Waals surface area contributed by atoms with Crippen LogP contribution in [0.2, 0.25) is 0 Å². The molecule has 1 saturated heterocycles. The Balaban J connectivity index is 1.32. The van der Waals surface area contributed by atoms with E-state index in [1.165, 1.54) is 4.70 Å². The highest BCUT2D eigenvalue weighted by atomic mass is 32.1. The van der Waals surface area contributed by atoms with Crippen LogP contribution in [0, 0.1) is 0 Å². The summed E-state index contributed by atoms with van der Waals surface area (Å²) in [5, 5.41) is 1.13. The van der Waals surface area contributed by atoms with E-state index in [4.69, 9.17) is 14.5 Å². The van der Waals surface area contributed by atoms with Gasteiger partial charge >= 0.3 is 0 Å². The van der Waals surface area contributed by atoms with E-state index in [-0.39, 0.29) is 12.5 Å². The number of aromatic nitrogens is 1. The SMILES string of the molecule is CCCOc1ccc(OCC(=O)N2CCCC(c3nc4ccccc4s3)C2)cc1. The molecule has 0 saturated carbocycles. The van der Waals surface area contributed by atoms with Gasteiger partial charge in [-0.25, -0.2) is 4.98 Å². The molecule has 3 aromatic rings. The molecule has 29 heavy (non-hydrogen) atoms. The van der Waals surface area contributed by atoms with Crippen LogP contribution in [0.4, 0.5) is 0 Å². The van der Waals surface area contributed by atoms with E-state index in [1.807, 2.05) is 47.4 Å². The smallest absolute Gasteiger partial charge is 0.260 e. The summed E-state index contributed by atoms with van der Waals surface area (Å²) in [6.45, 7) is 4.33. The Morgan fingerprint density at radius 1 is 1.14 bits per heavy atom. The summed E-state index contributed by atoms with van der Waals surface area (Å²) in [7, 11) is 0. The number of carbonyl (C=O) groups is 1. The second kappa shape index (κ2) is 9.27. The van der Waals surface area contributed by atoms with Gasteiger partial charge in [0, 0.05) is 19.0 Å². The lowest BCUT2D eigenvalue weighted by molar-refractivity contribution is -0.134. The zero-order chi connectivity index (χ0) is 20.1. The summed E-state index contributed by atoms with van der Waals surface area (Å²) in [5.41, 5.74) is 1.05. The van der Waals surface area contributed by atoms with Crippen molar-refractivity contribution in [3.8, 4) is 11.5 Å². The summed E-state index contributed by atoms with van der Waals surface area (Å²) in [4.78, 5) is 19.4. The number of para-hydroxylation sites is 1. The summed E-state index contributed by atoms with van der Waals surface area (Å²) in [5.74, 6) is 1.84. The second-order valence-corrected chi connectivity index (χ2v) is 8.37. The first-order chi connectivity index (χ1) is 14.2. The van der Waals surface area contributed by atoms with Crippen LogP contribution in [-0.4, -0.2) is 42.1 Å². The molecule has 1 aliphatic heterocycles. The number of nitrogens with zero attached hydrogens (tertiary/aromatic N) is 2. The molecular weight excluding hydrogens is 384 g/mol. The lowest BCUT2D eigenvalue weighted by Gasteiger charge is -2.31. The third-order valence-corrected chi connectivity index (χ3v) is 6.29. The fourth-order valence-electron chi connectivity index (χ4n) is 3.56. The van der Waals surface area contributed by atoms with Crippen LogP contribution in [0.5, 0.6) is 11.5 Å². The number of benzene rings is 2. The van der Waals surface area contributed by atoms with Gasteiger partial charge in [-0.2, -0.15) is 0 Å². The maximum absolute atomic E-state index is 12.7. The van der Waals surface area contributed by atoms with E-state index in [1.54, 1.807) is 11.3 Å². The molecule has 1 aliphatic rings. The molecule has 6 heteroatoms. The van der Waals surface area contributed by atoms with Gasteiger partial charge in [-0.05, 0) is 55.7 Å². The van der Waals surface area contributed by atoms with Gasteiger partial charge in [0.1, 0.15) is 11.5 Å². The van der Waals surface area contributed by atoms with Crippen LogP contribution in [0.3, 0.4) is 0 Å². The molecule has 2 heterocycles. The first-order valence-corrected chi connectivity index (χ1v) is 11.0. The molecule has 0 spiro atoms. The number of amides is 1. The van der Waals surface area contributed by atoms with E-state index >= 15 is 0 Å². The Bertz CT molecular complexity index is 921. The van der Waals surface area contributed by atoms with E-state index in [2.05, 4.69) is 13.0 Å². The largest absolute Gasteiger partial charge is 0.494 e. The molecule has 1 aromatic heterocycles. The second-order valence-electron chi connectivity index (χ2n) is 7.31. The highest BCUT2D eigenvalue weighted by Crippen LogP contribution is 2.33. The predicted molar refractivity (Wildman–Crippen MR) is 116 cm³/mol. The van der Waals surface area contributed by atoms with Crippen LogP contribution < -0.4 is 9.47 Å². The molecule has 1 unspecified atom stereocenters. The van der Waals surface area contributed by atoms with Gasteiger partial charge in [0.25, 0.3) is 5.91 Å². The summed E-state index contributed by atoms with van der Waals surface area (Å²) in [6.07, 6.45) is 3.04. The average Bonchev–Trinajstić information content (AvgIpc) is 3.21. The number of ether oxygens (including phenoxy) is 2. The van der Waals surface area contributed by atoms with E-state index in [0.29, 0.717) is 24.8 Å². The summed E-state index contributed by atoms with van der Waals surface area (Å²) in [6, 6.07) is 15.7. The van der Waals surface area contributed by atoms with Crippen LogP contribution >= 0.6 is 11.3 Å². The normalized spacial score (nSPS) is 16.7. The van der Waals surface area contributed by atoms with Crippen molar-refractivity contribution < 1.29 is 14.3 Å². The van der Waals surface area contributed by atoms with Crippen molar-refractivity contribution in [3.05, 3.63) is 53.5 Å². The Labute approximate surface area is 175 Å². The highest BCUT2D eigenvalue weighted by Gasteiger charge is 2.27. The first-order valence-electron chi connectivity index (χ1n) is 10.2. The van der Waals surface area contributed by atoms with Crippen LogP contribution in [0.25, 0.3) is 10.2 Å². The van der Waals surface area contributed by atoms with E-state index in [0.717, 1.165) is 42.1 Å². The van der Waals surface area contributed by atoms with Gasteiger partial charge in [-0.3, -0.25) is 4.79 Å². The van der Waals surface area contributed by atoms with E-state index in [9.17, 15) is 4.79 Å². The zero-order valence-corrected chi connectivity index (χ0v) is 17.5. The lowest BCUT2D eigenvalue weighted by atomic mass is 9.99. The summed E-state index contributed by atoms with van der Waals surface area (Å²) < 4.78 is 12.5. The molecule has 5 nitrogen and oxygen atoms in total. The van der Waals surface area contributed by atoms with Crippen molar-refractivity contribution in [1.82, 2.24) is 9.88 Å². The molecule has 0 radical (unpaired) electrons. The summed E-state index contributed by atoms with van der Waals surface area (Å²) >= 11 is 1.74. The molecule has 152 valence electrons. The van der Waals surface area contributed by atoms with Gasteiger partial charge in [-0.15, -0.1) is 11.3 Å². The number of fused-ring (bicyclic) bond motifs is 1. The number of carbonyl (C=O) groups excluding carboxylic acids is 1. The Morgan fingerprint density at radius 3 is 2.66 bits per heavy atom. The van der Waals surface area contributed by atoms with Crippen molar-refractivity contribution in [2.75, 3.05) is 26.3 Å². The first kappa shape index (κ1) is 19.7. The maximum Gasteiger partial charge on any atom is 0.260 e. The van der Waals surface area contributed by atoms with Gasteiger partial charge in [0.2, 0.25) is 0 Å². The number of hydrogen-bond donors (Lipinski definition) is 0. The zero-order valence-electron chi connectivity index (χ0n) is 16.7. The van der Waals surface area contributed by atoms with Crippen molar-refractivity contribution in [3.63, 3.8) is 0 Å². The molecule has 2 aromatic carbocycles. The van der Waals surface area contributed by atoms with Gasteiger partial charge < -0.3 is 14.4 Å². The lowest BCUT2D eigenvalue weighted by Crippen LogP contribution is -2.41. The molecule has 1 fully saturated rings. The van der Waals surface area contributed by atoms with Crippen molar-refractivity contribution in [2.45, 2.75) is 32.1 Å². The number of rotatable bonds is 7. The van der Waals surface area contributed by atoms with Gasteiger partial charge in [0.15, 0.2) is 6.61 Å². The van der Waals surface area contributed by atoms with Gasteiger partial charge in [0.05, 0.1) is 21.8 Å². The third kappa shape index (κ3) is 4.88. The fourth-order valence-corrected chi connectivity index (χ4v) is 4.65. The molecular formula is C23H26N2O3S. The molecule has 0 aliphatic carbocycles. The Morgan fingerprint density at radius 2 is 1.90 bits per heavy atom. The minimum absolute atomic E-state index is 0.0297. The van der Waals surface area contributed by atoms with Crippen LogP contribution in [-0.2, 0) is 4.79 Å². The molecule has 1 amide bonds. The van der Waals surface area contributed by atoms with Crippen molar-refractivity contribution >= 4 is 27.5 Å². The van der Waals surface area contributed by atoms with Crippen molar-refractivity contribution in [1.29, 1.82) is 0 Å². The van der Waals surface area contributed by atoms with Crippen LogP contribution in [0.15, 0.2) is 48.5 Å². The maximum atomic E-state index is 12.7. The molecule has 0 bridgehead atoms. The minimum Gasteiger partial charge on any atom is -0.494 e. The van der Waals surface area contributed by atoms with Crippen LogP contribution in [0.1, 0.15) is 37.1 Å². The van der Waals surface area contributed by atoms with E-state index < -0.39 is 0 Å². The predicted octanol–water partition coefficient (Wildman–Crippen LogP) is 4.87.